The van der Waals surface area contributed by atoms with Gasteiger partial charge in [0.25, 0.3) is 0 Å². The first kappa shape index (κ1) is 13.8. The highest BCUT2D eigenvalue weighted by atomic mass is 35.5. The number of anilines is 2. The van der Waals surface area contributed by atoms with Gasteiger partial charge in [0.05, 0.1) is 5.69 Å². The molecule has 2 aromatic rings. The van der Waals surface area contributed by atoms with Crippen molar-refractivity contribution in [1.29, 1.82) is 0 Å². The van der Waals surface area contributed by atoms with E-state index in [1.807, 2.05) is 31.2 Å². The lowest BCUT2D eigenvalue weighted by molar-refractivity contribution is 0.632. The maximum Gasteiger partial charge on any atom is 0.175 e. The largest absolute Gasteiger partial charge is 0.332 e. The highest BCUT2D eigenvalue weighted by Gasteiger charge is 2.05. The van der Waals surface area contributed by atoms with Crippen molar-refractivity contribution >= 4 is 40.3 Å². The molecule has 2 rings (SSSR count). The predicted octanol–water partition coefficient (Wildman–Crippen LogP) is 4.60. The topological polar surface area (TPSA) is 24.1 Å². The van der Waals surface area contributed by atoms with E-state index in [4.69, 9.17) is 23.8 Å². The Kier molecular flexibility index (Phi) is 4.35. The molecule has 2 N–H and O–H groups in total. The fraction of sp³-hybridized carbons (Fsp3) is 0.0714. The quantitative estimate of drug-likeness (QED) is 0.792. The van der Waals surface area contributed by atoms with E-state index >= 15 is 0 Å². The lowest BCUT2D eigenvalue weighted by Crippen LogP contribution is -2.19. The van der Waals surface area contributed by atoms with E-state index in [9.17, 15) is 4.39 Å². The van der Waals surface area contributed by atoms with Gasteiger partial charge in [0.1, 0.15) is 5.82 Å². The maximum atomic E-state index is 13.6. The Bertz CT molecular complexity index is 616. The molecule has 0 saturated heterocycles. The fourth-order valence-electron chi connectivity index (χ4n) is 1.60. The van der Waals surface area contributed by atoms with Gasteiger partial charge in [0.2, 0.25) is 0 Å². The van der Waals surface area contributed by atoms with Crippen molar-refractivity contribution < 1.29 is 4.39 Å². The van der Waals surface area contributed by atoms with Crippen LogP contribution in [0.1, 0.15) is 5.56 Å². The monoisotopic (exact) mass is 294 g/mol. The Morgan fingerprint density at radius 3 is 2.63 bits per heavy atom. The highest BCUT2D eigenvalue weighted by Crippen LogP contribution is 2.19. The molecule has 0 aliphatic rings. The lowest BCUT2D eigenvalue weighted by Gasteiger charge is -2.11. The zero-order valence-electron chi connectivity index (χ0n) is 10.2. The van der Waals surface area contributed by atoms with Crippen LogP contribution in [-0.4, -0.2) is 5.11 Å². The third-order valence-electron chi connectivity index (χ3n) is 2.46. The molecule has 0 unspecified atom stereocenters. The van der Waals surface area contributed by atoms with Crippen molar-refractivity contribution in [2.75, 3.05) is 10.6 Å². The van der Waals surface area contributed by atoms with Crippen LogP contribution in [0, 0.1) is 12.7 Å². The van der Waals surface area contributed by atoms with Crippen LogP contribution in [0.4, 0.5) is 15.8 Å². The first-order valence-electron chi connectivity index (χ1n) is 5.64. The normalized spacial score (nSPS) is 10.1. The summed E-state index contributed by atoms with van der Waals surface area (Å²) in [6, 6.07) is 12.1. The number of rotatable bonds is 2. The van der Waals surface area contributed by atoms with Crippen LogP contribution >= 0.6 is 23.8 Å². The Balaban J connectivity index is 2.05. The summed E-state index contributed by atoms with van der Waals surface area (Å²) < 4.78 is 13.6. The molecule has 2 aromatic carbocycles. The van der Waals surface area contributed by atoms with Crippen molar-refractivity contribution in [2.24, 2.45) is 0 Å². The molecule has 0 radical (unpaired) electrons. The van der Waals surface area contributed by atoms with E-state index < -0.39 is 5.82 Å². The summed E-state index contributed by atoms with van der Waals surface area (Å²) in [5.41, 5.74) is 2.26. The van der Waals surface area contributed by atoms with Crippen molar-refractivity contribution in [3.05, 3.63) is 58.9 Å². The number of hydrogen-bond acceptors (Lipinski definition) is 1. The van der Waals surface area contributed by atoms with Gasteiger partial charge < -0.3 is 10.6 Å². The minimum atomic E-state index is -0.444. The Morgan fingerprint density at radius 2 is 1.95 bits per heavy atom. The van der Waals surface area contributed by atoms with Gasteiger partial charge in [-0.05, 0) is 55.0 Å². The summed E-state index contributed by atoms with van der Waals surface area (Å²) in [6.07, 6.45) is 0. The standard InChI is InChI=1S/C14H12ClFN2S/c1-9-3-2-4-11(7-9)17-14(19)18-13-6-5-10(15)8-12(13)16/h2-8H,1H3,(H2,17,18,19). The summed E-state index contributed by atoms with van der Waals surface area (Å²) in [5, 5.41) is 6.46. The van der Waals surface area contributed by atoms with Gasteiger partial charge in [-0.1, -0.05) is 23.7 Å². The molecular weight excluding hydrogens is 283 g/mol. The summed E-state index contributed by atoms with van der Waals surface area (Å²) in [7, 11) is 0. The summed E-state index contributed by atoms with van der Waals surface area (Å²) in [4.78, 5) is 0. The van der Waals surface area contributed by atoms with Crippen LogP contribution in [-0.2, 0) is 0 Å². The second-order valence-corrected chi connectivity index (χ2v) is 4.92. The molecule has 5 heteroatoms. The number of nitrogens with one attached hydrogen (secondary N) is 2. The molecule has 0 heterocycles. The molecule has 2 nitrogen and oxygen atoms in total. The first-order chi connectivity index (χ1) is 9.04. The Morgan fingerprint density at radius 1 is 1.16 bits per heavy atom. The molecule has 0 aliphatic heterocycles. The average molecular weight is 295 g/mol. The molecule has 0 atom stereocenters. The molecule has 0 aromatic heterocycles. The van der Waals surface area contributed by atoms with Gasteiger partial charge in [-0.2, -0.15) is 0 Å². The molecule has 19 heavy (non-hydrogen) atoms. The van der Waals surface area contributed by atoms with Crippen molar-refractivity contribution in [3.8, 4) is 0 Å². The number of benzene rings is 2. The van der Waals surface area contributed by atoms with Gasteiger partial charge in [0, 0.05) is 10.7 Å². The maximum absolute atomic E-state index is 13.6. The molecule has 98 valence electrons. The number of aryl methyl sites for hydroxylation is 1. The third-order valence-corrected chi connectivity index (χ3v) is 2.89. The third kappa shape index (κ3) is 3.91. The van der Waals surface area contributed by atoms with Crippen LogP contribution in [0.15, 0.2) is 42.5 Å². The van der Waals surface area contributed by atoms with E-state index in [1.165, 1.54) is 6.07 Å². The van der Waals surface area contributed by atoms with Gasteiger partial charge >= 0.3 is 0 Å². The fourth-order valence-corrected chi connectivity index (χ4v) is 1.98. The Labute approximate surface area is 121 Å². The predicted molar refractivity (Wildman–Crippen MR) is 82.4 cm³/mol. The molecule has 0 spiro atoms. The molecule has 0 aliphatic carbocycles. The van der Waals surface area contributed by atoms with Crippen LogP contribution in [0.3, 0.4) is 0 Å². The zero-order chi connectivity index (χ0) is 13.8. The SMILES string of the molecule is Cc1cccc(NC(=S)Nc2ccc(Cl)cc2F)c1. The number of halogens is 2. The van der Waals surface area contributed by atoms with Crippen molar-refractivity contribution in [2.45, 2.75) is 6.92 Å². The average Bonchev–Trinajstić information content (AvgIpc) is 2.33. The summed E-state index contributed by atoms with van der Waals surface area (Å²) >= 11 is 10.8. The molecule has 0 bridgehead atoms. The van der Waals surface area contributed by atoms with Crippen molar-refractivity contribution in [3.63, 3.8) is 0 Å². The van der Waals surface area contributed by atoms with Gasteiger partial charge in [-0.3, -0.25) is 0 Å². The van der Waals surface area contributed by atoms with E-state index in [1.54, 1.807) is 12.1 Å². The van der Waals surface area contributed by atoms with E-state index in [-0.39, 0.29) is 5.69 Å². The number of hydrogen-bond donors (Lipinski definition) is 2. The second kappa shape index (κ2) is 5.99. The van der Waals surface area contributed by atoms with Crippen molar-refractivity contribution in [1.82, 2.24) is 0 Å². The second-order valence-electron chi connectivity index (χ2n) is 4.07. The smallest absolute Gasteiger partial charge is 0.175 e. The molecule has 0 amide bonds. The van der Waals surface area contributed by atoms with E-state index in [0.29, 0.717) is 10.1 Å². The lowest BCUT2D eigenvalue weighted by atomic mass is 10.2. The van der Waals surface area contributed by atoms with E-state index in [2.05, 4.69) is 10.6 Å². The van der Waals surface area contributed by atoms with Crippen LogP contribution in [0.2, 0.25) is 5.02 Å². The minimum Gasteiger partial charge on any atom is -0.332 e. The number of thiocarbonyl (C=S) groups is 1. The highest BCUT2D eigenvalue weighted by molar-refractivity contribution is 7.80. The zero-order valence-corrected chi connectivity index (χ0v) is 11.8. The van der Waals surface area contributed by atoms with E-state index in [0.717, 1.165) is 11.3 Å². The molecule has 0 saturated carbocycles. The van der Waals surface area contributed by atoms with Gasteiger partial charge in [-0.15, -0.1) is 0 Å². The summed E-state index contributed by atoms with van der Waals surface area (Å²) in [6.45, 7) is 1.99. The van der Waals surface area contributed by atoms with Gasteiger partial charge in [-0.25, -0.2) is 4.39 Å². The van der Waals surface area contributed by atoms with Crippen LogP contribution in [0.5, 0.6) is 0 Å². The Hall–Kier alpha value is -1.65. The molecular formula is C14H12ClFN2S. The molecule has 0 fully saturated rings. The van der Waals surface area contributed by atoms with Crippen LogP contribution in [0.25, 0.3) is 0 Å². The van der Waals surface area contributed by atoms with Crippen LogP contribution < -0.4 is 10.6 Å². The summed E-state index contributed by atoms with van der Waals surface area (Å²) in [5.74, 6) is -0.444. The minimum absolute atomic E-state index is 0.287. The van der Waals surface area contributed by atoms with Gasteiger partial charge in [0.15, 0.2) is 5.11 Å². The first-order valence-corrected chi connectivity index (χ1v) is 6.43.